The SMILES string of the molecule is COCO.Cc1cccc(CCC(C)C)c1. The molecule has 1 N–H and O–H groups in total. The summed E-state index contributed by atoms with van der Waals surface area (Å²) in [5, 5.41) is 7.65. The normalized spacial score (nSPS) is 9.88. The Labute approximate surface area is 99.3 Å². The maximum atomic E-state index is 7.65. The van der Waals surface area contributed by atoms with E-state index in [1.165, 1.54) is 31.1 Å². The molecular weight excluding hydrogens is 200 g/mol. The highest BCUT2D eigenvalue weighted by molar-refractivity contribution is 5.22. The van der Waals surface area contributed by atoms with E-state index in [0.717, 1.165) is 5.92 Å². The first-order valence-electron chi connectivity index (χ1n) is 5.75. The molecule has 0 aliphatic heterocycles. The average molecular weight is 224 g/mol. The van der Waals surface area contributed by atoms with Gasteiger partial charge in [0.2, 0.25) is 0 Å². The van der Waals surface area contributed by atoms with Crippen molar-refractivity contribution in [2.24, 2.45) is 5.92 Å². The average Bonchev–Trinajstić information content (AvgIpc) is 2.27. The van der Waals surface area contributed by atoms with E-state index in [4.69, 9.17) is 5.11 Å². The highest BCUT2D eigenvalue weighted by Crippen LogP contribution is 2.10. The molecule has 1 aromatic rings. The van der Waals surface area contributed by atoms with Crippen molar-refractivity contribution in [1.82, 2.24) is 0 Å². The van der Waals surface area contributed by atoms with Crippen LogP contribution in [-0.4, -0.2) is 19.0 Å². The molecule has 16 heavy (non-hydrogen) atoms. The van der Waals surface area contributed by atoms with E-state index in [2.05, 4.69) is 49.8 Å². The zero-order chi connectivity index (χ0) is 12.4. The summed E-state index contributed by atoms with van der Waals surface area (Å²) in [7, 11) is 1.43. The van der Waals surface area contributed by atoms with E-state index in [1.54, 1.807) is 0 Å². The monoisotopic (exact) mass is 224 g/mol. The topological polar surface area (TPSA) is 29.5 Å². The molecule has 92 valence electrons. The van der Waals surface area contributed by atoms with Gasteiger partial charge in [-0.2, -0.15) is 0 Å². The molecule has 0 radical (unpaired) electrons. The molecule has 0 fully saturated rings. The van der Waals surface area contributed by atoms with Gasteiger partial charge in [-0.25, -0.2) is 0 Å². The van der Waals surface area contributed by atoms with Crippen LogP contribution in [0.5, 0.6) is 0 Å². The van der Waals surface area contributed by atoms with Crippen molar-refractivity contribution in [2.45, 2.75) is 33.6 Å². The fourth-order valence-electron chi connectivity index (χ4n) is 1.32. The van der Waals surface area contributed by atoms with Gasteiger partial charge in [0, 0.05) is 7.11 Å². The first-order chi connectivity index (χ1) is 7.60. The Morgan fingerprint density at radius 1 is 1.31 bits per heavy atom. The van der Waals surface area contributed by atoms with E-state index in [-0.39, 0.29) is 6.79 Å². The van der Waals surface area contributed by atoms with E-state index >= 15 is 0 Å². The lowest BCUT2D eigenvalue weighted by Crippen LogP contribution is -1.92. The molecule has 0 unspecified atom stereocenters. The summed E-state index contributed by atoms with van der Waals surface area (Å²) < 4.78 is 4.10. The van der Waals surface area contributed by atoms with E-state index in [1.807, 2.05) is 0 Å². The van der Waals surface area contributed by atoms with Crippen LogP contribution in [-0.2, 0) is 11.2 Å². The van der Waals surface area contributed by atoms with E-state index in [0.29, 0.717) is 0 Å². The van der Waals surface area contributed by atoms with Crippen molar-refractivity contribution >= 4 is 0 Å². The van der Waals surface area contributed by atoms with Crippen LogP contribution < -0.4 is 0 Å². The lowest BCUT2D eigenvalue weighted by Gasteiger charge is -2.04. The Morgan fingerprint density at radius 2 is 1.94 bits per heavy atom. The van der Waals surface area contributed by atoms with Gasteiger partial charge in [-0.15, -0.1) is 0 Å². The predicted molar refractivity (Wildman–Crippen MR) is 68.4 cm³/mol. The van der Waals surface area contributed by atoms with Crippen LogP contribution in [0, 0.1) is 12.8 Å². The number of rotatable bonds is 4. The molecule has 1 rings (SSSR count). The number of benzene rings is 1. The Bertz CT molecular complexity index is 267. The molecule has 2 heteroatoms. The van der Waals surface area contributed by atoms with Crippen molar-refractivity contribution in [2.75, 3.05) is 13.9 Å². The van der Waals surface area contributed by atoms with Crippen LogP contribution in [0.3, 0.4) is 0 Å². The van der Waals surface area contributed by atoms with Crippen molar-refractivity contribution in [3.05, 3.63) is 35.4 Å². The summed E-state index contributed by atoms with van der Waals surface area (Å²) in [4.78, 5) is 0. The first kappa shape index (κ1) is 15.1. The molecule has 0 amide bonds. The van der Waals surface area contributed by atoms with Crippen molar-refractivity contribution in [3.8, 4) is 0 Å². The first-order valence-corrected chi connectivity index (χ1v) is 5.75. The number of aryl methyl sites for hydroxylation is 2. The zero-order valence-electron chi connectivity index (χ0n) is 10.9. The van der Waals surface area contributed by atoms with Gasteiger partial charge < -0.3 is 9.84 Å². The van der Waals surface area contributed by atoms with Gasteiger partial charge in [0.05, 0.1) is 0 Å². The van der Waals surface area contributed by atoms with Gasteiger partial charge in [0.25, 0.3) is 0 Å². The molecule has 0 heterocycles. The maximum Gasteiger partial charge on any atom is 0.143 e. The minimum atomic E-state index is -0.181. The van der Waals surface area contributed by atoms with Crippen LogP contribution in [0.15, 0.2) is 24.3 Å². The highest BCUT2D eigenvalue weighted by Gasteiger charge is 1.96. The lowest BCUT2D eigenvalue weighted by atomic mass is 10.0. The summed E-state index contributed by atoms with van der Waals surface area (Å²) in [5.41, 5.74) is 2.85. The van der Waals surface area contributed by atoms with E-state index in [9.17, 15) is 0 Å². The summed E-state index contributed by atoms with van der Waals surface area (Å²) in [6, 6.07) is 8.79. The van der Waals surface area contributed by atoms with Gasteiger partial charge in [-0.1, -0.05) is 43.7 Å². The maximum absolute atomic E-state index is 7.65. The molecule has 0 atom stereocenters. The summed E-state index contributed by atoms with van der Waals surface area (Å²) >= 11 is 0. The number of aliphatic hydroxyl groups is 1. The fourth-order valence-corrected chi connectivity index (χ4v) is 1.32. The summed E-state index contributed by atoms with van der Waals surface area (Å²) in [6.45, 7) is 6.52. The summed E-state index contributed by atoms with van der Waals surface area (Å²) in [6.07, 6.45) is 2.52. The zero-order valence-corrected chi connectivity index (χ0v) is 10.9. The Balaban J connectivity index is 0.000000487. The van der Waals surface area contributed by atoms with Crippen molar-refractivity contribution in [3.63, 3.8) is 0 Å². The molecule has 0 aromatic heterocycles. The second-order valence-corrected chi connectivity index (χ2v) is 4.34. The fraction of sp³-hybridized carbons (Fsp3) is 0.571. The predicted octanol–water partition coefficient (Wildman–Crippen LogP) is 3.17. The number of hydrogen-bond acceptors (Lipinski definition) is 2. The lowest BCUT2D eigenvalue weighted by molar-refractivity contribution is 0.0325. The molecule has 2 nitrogen and oxygen atoms in total. The van der Waals surface area contributed by atoms with Gasteiger partial charge in [-0.05, 0) is 31.2 Å². The molecule has 0 spiro atoms. The molecule has 0 aliphatic carbocycles. The molecule has 0 saturated carbocycles. The van der Waals surface area contributed by atoms with Crippen molar-refractivity contribution < 1.29 is 9.84 Å². The minimum absolute atomic E-state index is 0.181. The smallest absolute Gasteiger partial charge is 0.143 e. The van der Waals surface area contributed by atoms with Crippen LogP contribution in [0.1, 0.15) is 31.4 Å². The second-order valence-electron chi connectivity index (χ2n) is 4.34. The molecule has 0 saturated heterocycles. The van der Waals surface area contributed by atoms with Crippen LogP contribution >= 0.6 is 0 Å². The number of aliphatic hydroxyl groups excluding tert-OH is 1. The molecule has 0 aliphatic rings. The van der Waals surface area contributed by atoms with Gasteiger partial charge >= 0.3 is 0 Å². The quantitative estimate of drug-likeness (QED) is 0.796. The third kappa shape index (κ3) is 8.45. The van der Waals surface area contributed by atoms with Crippen molar-refractivity contribution in [1.29, 1.82) is 0 Å². The largest absolute Gasteiger partial charge is 0.371 e. The molecule has 0 bridgehead atoms. The number of hydrogen-bond donors (Lipinski definition) is 1. The number of ether oxygens (including phenoxy) is 1. The Morgan fingerprint density at radius 3 is 2.38 bits per heavy atom. The van der Waals surface area contributed by atoms with Gasteiger partial charge in [0.1, 0.15) is 6.79 Å². The second kappa shape index (κ2) is 9.37. The number of methoxy groups -OCH3 is 1. The molecular formula is C14H24O2. The highest BCUT2D eigenvalue weighted by atomic mass is 16.6. The third-order valence-corrected chi connectivity index (χ3v) is 2.22. The minimum Gasteiger partial charge on any atom is -0.371 e. The van der Waals surface area contributed by atoms with E-state index < -0.39 is 0 Å². The standard InChI is InChI=1S/C12H18.C2H6O2/c1-10(2)7-8-12-6-4-5-11(3)9-12;1-4-2-3/h4-6,9-10H,7-8H2,1-3H3;3H,2H2,1H3. The summed E-state index contributed by atoms with van der Waals surface area (Å²) in [5.74, 6) is 0.811. The van der Waals surface area contributed by atoms with Crippen LogP contribution in [0.25, 0.3) is 0 Å². The Hall–Kier alpha value is -0.860. The van der Waals surface area contributed by atoms with Gasteiger partial charge in [0.15, 0.2) is 0 Å². The van der Waals surface area contributed by atoms with Crippen LogP contribution in [0.2, 0.25) is 0 Å². The van der Waals surface area contributed by atoms with Gasteiger partial charge in [-0.3, -0.25) is 0 Å². The third-order valence-electron chi connectivity index (χ3n) is 2.22. The molecule has 1 aromatic carbocycles. The Kier molecular flexibility index (Phi) is 8.87. The van der Waals surface area contributed by atoms with Crippen LogP contribution in [0.4, 0.5) is 0 Å².